The van der Waals surface area contributed by atoms with Crippen molar-refractivity contribution in [1.29, 1.82) is 0 Å². The highest BCUT2D eigenvalue weighted by Gasteiger charge is 2.22. The molecule has 29 heavy (non-hydrogen) atoms. The zero-order valence-electron chi connectivity index (χ0n) is 14.4. The minimum Gasteiger partial charge on any atom is -0.744 e. The van der Waals surface area contributed by atoms with Crippen LogP contribution in [0.1, 0.15) is 10.4 Å². The zero-order chi connectivity index (χ0) is 20.9. The summed E-state index contributed by atoms with van der Waals surface area (Å²) in [6.07, 6.45) is 0. The number of phenolic OH excluding ortho intramolecular Hbond substituents is 1. The summed E-state index contributed by atoms with van der Waals surface area (Å²) in [7, 11) is -5.05. The summed E-state index contributed by atoms with van der Waals surface area (Å²) in [5.74, 6) is -1.40. The molecule has 1 aliphatic heterocycles. The van der Waals surface area contributed by atoms with Crippen LogP contribution in [0.25, 0.3) is 33.4 Å². The molecule has 0 radical (unpaired) electrons. The summed E-state index contributed by atoms with van der Waals surface area (Å²) in [4.78, 5) is 22.3. The molecule has 2 N–H and O–H groups in total. The van der Waals surface area contributed by atoms with E-state index in [-0.39, 0.29) is 39.2 Å². The molecule has 0 saturated carbocycles. The van der Waals surface area contributed by atoms with Gasteiger partial charge in [-0.3, -0.25) is 4.79 Å². The lowest BCUT2D eigenvalue weighted by molar-refractivity contribution is 0.0696. The fourth-order valence-corrected chi connectivity index (χ4v) is 3.93. The highest BCUT2D eigenvalue weighted by molar-refractivity contribution is 7.85. The van der Waals surface area contributed by atoms with Crippen molar-refractivity contribution in [1.82, 2.24) is 0 Å². The van der Waals surface area contributed by atoms with E-state index in [0.29, 0.717) is 10.9 Å². The Morgan fingerprint density at radius 1 is 0.966 bits per heavy atom. The topological polar surface area (TPSA) is 145 Å². The molecule has 0 saturated heterocycles. The molecule has 0 bridgehead atoms. The summed E-state index contributed by atoms with van der Waals surface area (Å²) >= 11 is 0. The van der Waals surface area contributed by atoms with Gasteiger partial charge in [0, 0.05) is 34.2 Å². The quantitative estimate of drug-likeness (QED) is 0.387. The van der Waals surface area contributed by atoms with Crippen molar-refractivity contribution in [2.45, 2.75) is 4.90 Å². The van der Waals surface area contributed by atoms with Crippen LogP contribution in [0, 0.1) is 0 Å². The van der Waals surface area contributed by atoms with E-state index in [1.807, 2.05) is 0 Å². The van der Waals surface area contributed by atoms with Crippen molar-refractivity contribution < 1.29 is 32.4 Å². The zero-order valence-corrected chi connectivity index (χ0v) is 15.3. The van der Waals surface area contributed by atoms with E-state index in [4.69, 9.17) is 9.52 Å². The van der Waals surface area contributed by atoms with Gasteiger partial charge in [0.05, 0.1) is 10.5 Å². The van der Waals surface area contributed by atoms with Crippen LogP contribution in [-0.4, -0.2) is 29.2 Å². The van der Waals surface area contributed by atoms with Gasteiger partial charge in [0.2, 0.25) is 0 Å². The third kappa shape index (κ3) is 3.22. The molecule has 0 fully saturated rings. The average Bonchev–Trinajstić information content (AvgIpc) is 2.64. The summed E-state index contributed by atoms with van der Waals surface area (Å²) in [5.41, 5.74) is -0.0142. The molecule has 4 rings (SSSR count). The summed E-state index contributed by atoms with van der Waals surface area (Å²) in [6, 6.07) is 11.2. The number of carboxylic acid groups (broad SMARTS) is 1. The molecule has 8 nitrogen and oxygen atoms in total. The summed E-state index contributed by atoms with van der Waals surface area (Å²) in [5, 5.41) is 19.3. The minimum absolute atomic E-state index is 0.0415. The maximum Gasteiger partial charge on any atom is 0.335 e. The van der Waals surface area contributed by atoms with Crippen LogP contribution >= 0.6 is 0 Å². The Morgan fingerprint density at radius 3 is 2.38 bits per heavy atom. The van der Waals surface area contributed by atoms with Crippen molar-refractivity contribution in [3.63, 3.8) is 0 Å². The van der Waals surface area contributed by atoms with E-state index in [0.717, 1.165) is 6.07 Å². The number of phenols is 1. The second kappa shape index (κ2) is 6.43. The van der Waals surface area contributed by atoms with Gasteiger partial charge in [-0.15, -0.1) is 0 Å². The van der Waals surface area contributed by atoms with E-state index in [2.05, 4.69) is 0 Å². The van der Waals surface area contributed by atoms with Gasteiger partial charge in [-0.1, -0.05) is 6.07 Å². The molecule has 2 aliphatic rings. The summed E-state index contributed by atoms with van der Waals surface area (Å²) < 4.78 is 41.4. The molecule has 9 heteroatoms. The molecular weight excluding hydrogens is 400 g/mol. The number of hydrogen-bond acceptors (Lipinski definition) is 7. The van der Waals surface area contributed by atoms with Crippen molar-refractivity contribution in [3.8, 4) is 28.2 Å². The van der Waals surface area contributed by atoms with Crippen molar-refractivity contribution in [2.24, 2.45) is 0 Å². The third-order valence-electron chi connectivity index (χ3n) is 4.44. The number of rotatable bonds is 3. The first-order chi connectivity index (χ1) is 13.6. The maximum absolute atomic E-state index is 11.9. The van der Waals surface area contributed by atoms with E-state index in [9.17, 15) is 27.7 Å². The Kier molecular flexibility index (Phi) is 4.14. The number of benzene rings is 3. The first kappa shape index (κ1) is 18.7. The van der Waals surface area contributed by atoms with Gasteiger partial charge in [-0.25, -0.2) is 13.2 Å². The van der Waals surface area contributed by atoms with Gasteiger partial charge < -0.3 is 19.2 Å². The fraction of sp³-hybridized carbons (Fsp3) is 0. The Labute approximate surface area is 163 Å². The van der Waals surface area contributed by atoms with Crippen LogP contribution in [0.5, 0.6) is 5.75 Å². The van der Waals surface area contributed by atoms with Crippen molar-refractivity contribution in [3.05, 3.63) is 70.4 Å². The van der Waals surface area contributed by atoms with Crippen LogP contribution in [0.3, 0.4) is 0 Å². The molecule has 2 aromatic carbocycles. The van der Waals surface area contributed by atoms with Gasteiger partial charge in [-0.05, 0) is 36.4 Å². The molecule has 1 aliphatic carbocycles. The van der Waals surface area contributed by atoms with Crippen molar-refractivity contribution in [2.75, 3.05) is 0 Å². The minimum atomic E-state index is -5.05. The molecule has 0 atom stereocenters. The second-order valence-corrected chi connectivity index (χ2v) is 7.63. The molecule has 2 aromatic rings. The predicted molar refractivity (Wildman–Crippen MR) is 101 cm³/mol. The Bertz CT molecular complexity index is 1430. The van der Waals surface area contributed by atoms with E-state index in [1.54, 1.807) is 0 Å². The molecule has 0 amide bonds. The molecule has 0 aromatic heterocycles. The summed E-state index contributed by atoms with van der Waals surface area (Å²) in [6.45, 7) is 0. The van der Waals surface area contributed by atoms with Crippen LogP contribution in [0.15, 0.2) is 68.7 Å². The SMILES string of the molecule is O=C(O)c1ccc(-c2c3ccc(=O)cc-3oc3cc(O)ccc23)c(S(=O)(=O)[O-])c1. The molecule has 0 spiro atoms. The van der Waals surface area contributed by atoms with E-state index < -0.39 is 21.0 Å². The number of aromatic carboxylic acids is 1. The Balaban J connectivity index is 2.21. The fourth-order valence-electron chi connectivity index (χ4n) is 3.22. The molecule has 1 heterocycles. The van der Waals surface area contributed by atoms with Crippen molar-refractivity contribution >= 4 is 27.1 Å². The highest BCUT2D eigenvalue weighted by atomic mass is 32.2. The number of carbonyl (C=O) groups is 1. The van der Waals surface area contributed by atoms with Gasteiger partial charge in [0.1, 0.15) is 27.2 Å². The standard InChI is InChI=1S/C20H12O8S/c21-11-2-5-13-16(8-11)28-17-9-12(22)3-6-14(17)19(13)15-4-1-10(20(23)24)7-18(15)29(25,26)27/h1-9,21H,(H,23,24)(H,25,26,27)/p-1. The second-order valence-electron chi connectivity index (χ2n) is 6.29. The first-order valence-electron chi connectivity index (χ1n) is 8.18. The Morgan fingerprint density at radius 2 is 1.69 bits per heavy atom. The highest BCUT2D eigenvalue weighted by Crippen LogP contribution is 2.42. The average molecular weight is 411 g/mol. The van der Waals surface area contributed by atoms with Gasteiger partial charge >= 0.3 is 5.97 Å². The number of hydrogen-bond donors (Lipinski definition) is 2. The monoisotopic (exact) mass is 411 g/mol. The number of carboxylic acids is 1. The molecule has 0 unspecified atom stereocenters. The first-order valence-corrected chi connectivity index (χ1v) is 9.59. The predicted octanol–water partition coefficient (Wildman–Crippen LogP) is 2.87. The van der Waals surface area contributed by atoms with Crippen LogP contribution in [0.2, 0.25) is 0 Å². The van der Waals surface area contributed by atoms with E-state index in [1.165, 1.54) is 48.5 Å². The van der Waals surface area contributed by atoms with Crippen LogP contribution in [-0.2, 0) is 10.1 Å². The van der Waals surface area contributed by atoms with Gasteiger partial charge in [0.25, 0.3) is 0 Å². The number of aromatic hydroxyl groups is 1. The largest absolute Gasteiger partial charge is 0.744 e. The normalized spacial score (nSPS) is 11.8. The smallest absolute Gasteiger partial charge is 0.335 e. The van der Waals surface area contributed by atoms with E-state index >= 15 is 0 Å². The lowest BCUT2D eigenvalue weighted by atomic mass is 9.93. The third-order valence-corrected chi connectivity index (χ3v) is 5.32. The number of fused-ring (bicyclic) bond motifs is 2. The lowest BCUT2D eigenvalue weighted by Gasteiger charge is -2.19. The van der Waals surface area contributed by atoms with Gasteiger partial charge in [0.15, 0.2) is 5.43 Å². The maximum atomic E-state index is 11.9. The Hall–Kier alpha value is -3.69. The van der Waals surface area contributed by atoms with Gasteiger partial charge in [-0.2, -0.15) is 0 Å². The van der Waals surface area contributed by atoms with Crippen LogP contribution in [0.4, 0.5) is 0 Å². The lowest BCUT2D eigenvalue weighted by Crippen LogP contribution is -2.06. The molecular formula is C20H11O8S-. The van der Waals surface area contributed by atoms with Crippen LogP contribution < -0.4 is 5.43 Å². The molecule has 146 valence electrons.